The van der Waals surface area contributed by atoms with Gasteiger partial charge in [0.05, 0.1) is 7.11 Å². The van der Waals surface area contributed by atoms with E-state index < -0.39 is 0 Å². The van der Waals surface area contributed by atoms with Gasteiger partial charge in [0.1, 0.15) is 30.2 Å². The average Bonchev–Trinajstić information content (AvgIpc) is 3.48. The minimum absolute atomic E-state index is 0.00969. The third kappa shape index (κ3) is 4.05. The molecule has 0 bridgehead atoms. The highest BCUT2D eigenvalue weighted by Gasteiger charge is 2.51. The molecule has 38 heavy (non-hydrogen) atoms. The van der Waals surface area contributed by atoms with Crippen molar-refractivity contribution < 1.29 is 18.7 Å². The van der Waals surface area contributed by atoms with Crippen LogP contribution in [0.5, 0.6) is 11.5 Å². The van der Waals surface area contributed by atoms with E-state index in [1.54, 1.807) is 19.2 Å². The Hall–Kier alpha value is -3.40. The molecule has 3 aromatic rings. The molecule has 1 fully saturated rings. The quantitative estimate of drug-likeness (QED) is 0.302. The first kappa shape index (κ1) is 24.9. The third-order valence-electron chi connectivity index (χ3n) is 9.32. The Morgan fingerprint density at radius 3 is 2.50 bits per heavy atom. The van der Waals surface area contributed by atoms with Crippen LogP contribution in [-0.4, -0.2) is 13.4 Å². The lowest BCUT2D eigenvalue weighted by Crippen LogP contribution is -2.43. The van der Waals surface area contributed by atoms with Gasteiger partial charge in [-0.25, -0.2) is 4.39 Å². The second-order valence-corrected chi connectivity index (χ2v) is 11.8. The van der Waals surface area contributed by atoms with Gasteiger partial charge < -0.3 is 14.3 Å². The highest BCUT2D eigenvalue weighted by atomic mass is 19.1. The SMILES string of the molecule is COc1ccc(F)c(-c2ccc(COc3ccc4c(c3)C3(CC4)CCC3C=O)cc2C2=CCCC2(C)C)c1. The first-order valence-corrected chi connectivity index (χ1v) is 13.7. The Labute approximate surface area is 224 Å². The topological polar surface area (TPSA) is 35.5 Å². The smallest absolute Gasteiger partial charge is 0.131 e. The van der Waals surface area contributed by atoms with Gasteiger partial charge in [0, 0.05) is 16.9 Å². The number of fused-ring (bicyclic) bond motifs is 2. The number of ether oxygens (including phenoxy) is 2. The van der Waals surface area contributed by atoms with Gasteiger partial charge in [-0.2, -0.15) is 0 Å². The lowest BCUT2D eigenvalue weighted by atomic mass is 9.58. The number of hydrogen-bond donors (Lipinski definition) is 0. The molecule has 1 saturated carbocycles. The molecule has 3 aliphatic carbocycles. The maximum Gasteiger partial charge on any atom is 0.131 e. The van der Waals surface area contributed by atoms with Gasteiger partial charge in [0.15, 0.2) is 0 Å². The average molecular weight is 511 g/mol. The van der Waals surface area contributed by atoms with E-state index in [9.17, 15) is 4.79 Å². The number of halogens is 1. The molecule has 0 saturated heterocycles. The molecule has 0 N–H and O–H groups in total. The van der Waals surface area contributed by atoms with E-state index in [2.05, 4.69) is 44.2 Å². The number of carbonyl (C=O) groups excluding carboxylic acids is 1. The van der Waals surface area contributed by atoms with Gasteiger partial charge >= 0.3 is 0 Å². The molecule has 6 rings (SSSR count). The van der Waals surface area contributed by atoms with Crippen LogP contribution in [0.25, 0.3) is 16.7 Å². The zero-order chi connectivity index (χ0) is 26.5. The fraction of sp³-hybridized carbons (Fsp3) is 0.382. The molecule has 4 heteroatoms. The molecule has 0 radical (unpaired) electrons. The van der Waals surface area contributed by atoms with Gasteiger partial charge in [-0.05, 0) is 114 Å². The number of allylic oxidation sites excluding steroid dienone is 2. The zero-order valence-corrected chi connectivity index (χ0v) is 22.5. The second-order valence-electron chi connectivity index (χ2n) is 11.8. The Balaban J connectivity index is 1.32. The molecular weight excluding hydrogens is 475 g/mol. The van der Waals surface area contributed by atoms with E-state index in [1.807, 2.05) is 12.1 Å². The maximum atomic E-state index is 15.1. The number of hydrogen-bond acceptors (Lipinski definition) is 3. The summed E-state index contributed by atoms with van der Waals surface area (Å²) in [5.41, 5.74) is 7.45. The highest BCUT2D eigenvalue weighted by molar-refractivity contribution is 5.85. The lowest BCUT2D eigenvalue weighted by molar-refractivity contribution is -0.116. The second kappa shape index (κ2) is 9.41. The molecule has 3 aromatic carbocycles. The van der Waals surface area contributed by atoms with Crippen molar-refractivity contribution in [1.82, 2.24) is 0 Å². The molecule has 2 atom stereocenters. The van der Waals surface area contributed by atoms with E-state index >= 15 is 4.39 Å². The number of aryl methyl sites for hydroxylation is 1. The van der Waals surface area contributed by atoms with Crippen LogP contribution in [0, 0.1) is 17.2 Å². The van der Waals surface area contributed by atoms with Crippen LogP contribution in [0.1, 0.15) is 68.2 Å². The fourth-order valence-corrected chi connectivity index (χ4v) is 6.93. The van der Waals surface area contributed by atoms with Gasteiger partial charge in [0.25, 0.3) is 0 Å². The van der Waals surface area contributed by atoms with E-state index in [1.165, 1.54) is 22.8 Å². The summed E-state index contributed by atoms with van der Waals surface area (Å²) in [5, 5.41) is 0. The molecule has 0 aliphatic heterocycles. The van der Waals surface area contributed by atoms with Crippen LogP contribution in [0.3, 0.4) is 0 Å². The van der Waals surface area contributed by atoms with Crippen molar-refractivity contribution in [2.24, 2.45) is 11.3 Å². The van der Waals surface area contributed by atoms with Crippen LogP contribution in [0.4, 0.5) is 4.39 Å². The number of carbonyl (C=O) groups is 1. The maximum absolute atomic E-state index is 15.1. The lowest BCUT2D eigenvalue weighted by Gasteiger charge is -2.45. The summed E-state index contributed by atoms with van der Waals surface area (Å²) in [4.78, 5) is 11.7. The largest absolute Gasteiger partial charge is 0.497 e. The summed E-state index contributed by atoms with van der Waals surface area (Å²) >= 11 is 0. The Morgan fingerprint density at radius 2 is 1.79 bits per heavy atom. The summed E-state index contributed by atoms with van der Waals surface area (Å²) in [6.07, 6.45) is 9.71. The first-order chi connectivity index (χ1) is 18.3. The molecular formula is C34H35FO3. The predicted molar refractivity (Wildman–Crippen MR) is 149 cm³/mol. The molecule has 0 amide bonds. The van der Waals surface area contributed by atoms with Crippen LogP contribution < -0.4 is 9.47 Å². The fourth-order valence-electron chi connectivity index (χ4n) is 6.93. The summed E-state index contributed by atoms with van der Waals surface area (Å²) in [5.74, 6) is 1.35. The van der Waals surface area contributed by atoms with E-state index in [4.69, 9.17) is 9.47 Å². The normalized spacial score (nSPS) is 23.1. The van der Waals surface area contributed by atoms with Crippen molar-refractivity contribution in [3.05, 3.63) is 88.7 Å². The third-order valence-corrected chi connectivity index (χ3v) is 9.32. The summed E-state index contributed by atoms with van der Waals surface area (Å²) in [6, 6.07) is 17.5. The predicted octanol–water partition coefficient (Wildman–Crippen LogP) is 8.08. The molecule has 1 spiro atoms. The van der Waals surface area contributed by atoms with E-state index in [0.717, 1.165) is 67.3 Å². The van der Waals surface area contributed by atoms with E-state index in [-0.39, 0.29) is 22.6 Å². The van der Waals surface area contributed by atoms with Crippen molar-refractivity contribution in [1.29, 1.82) is 0 Å². The van der Waals surface area contributed by atoms with Gasteiger partial charge in [0.2, 0.25) is 0 Å². The monoisotopic (exact) mass is 510 g/mol. The standard InChI is InChI=1S/C34H35FO3/c1-33(2)14-4-5-30(33)28-17-22(6-10-27(28)29-18-25(37-3)9-11-32(29)35)21-38-26-8-7-23-12-15-34(31(23)19-26)16-13-24(34)20-36/h5-11,17-20,24H,4,12-16,21H2,1-3H3. The Morgan fingerprint density at radius 1 is 0.947 bits per heavy atom. The summed E-state index contributed by atoms with van der Waals surface area (Å²) in [6.45, 7) is 4.94. The van der Waals surface area contributed by atoms with Crippen LogP contribution >= 0.6 is 0 Å². The highest BCUT2D eigenvalue weighted by Crippen LogP contribution is 2.56. The van der Waals surface area contributed by atoms with Crippen LogP contribution in [0.2, 0.25) is 0 Å². The molecule has 3 nitrogen and oxygen atoms in total. The first-order valence-electron chi connectivity index (χ1n) is 13.7. The van der Waals surface area contributed by atoms with Gasteiger partial charge in [-0.3, -0.25) is 0 Å². The molecule has 3 aliphatic rings. The minimum atomic E-state index is -0.260. The minimum Gasteiger partial charge on any atom is -0.497 e. The van der Waals surface area contributed by atoms with Crippen molar-refractivity contribution in [2.75, 3.05) is 7.11 Å². The molecule has 0 heterocycles. The summed E-state index contributed by atoms with van der Waals surface area (Å²) in [7, 11) is 1.60. The van der Waals surface area contributed by atoms with Crippen LogP contribution in [-0.2, 0) is 23.2 Å². The zero-order valence-electron chi connectivity index (χ0n) is 22.5. The Kier molecular flexibility index (Phi) is 6.17. The van der Waals surface area contributed by atoms with Gasteiger partial charge in [-0.15, -0.1) is 0 Å². The summed E-state index contributed by atoms with van der Waals surface area (Å²) < 4.78 is 26.8. The van der Waals surface area contributed by atoms with Crippen LogP contribution in [0.15, 0.2) is 60.7 Å². The molecule has 0 aromatic heterocycles. The van der Waals surface area contributed by atoms with Gasteiger partial charge in [-0.1, -0.05) is 38.1 Å². The van der Waals surface area contributed by atoms with Crippen molar-refractivity contribution in [3.63, 3.8) is 0 Å². The van der Waals surface area contributed by atoms with Crippen molar-refractivity contribution in [2.45, 2.75) is 64.4 Å². The number of rotatable bonds is 7. The van der Waals surface area contributed by atoms with Crippen molar-refractivity contribution in [3.8, 4) is 22.6 Å². The van der Waals surface area contributed by atoms with Crippen molar-refractivity contribution >= 4 is 11.9 Å². The number of aldehydes is 1. The Bertz CT molecular complexity index is 1440. The molecule has 196 valence electrons. The number of benzene rings is 3. The molecule has 2 unspecified atom stereocenters. The van der Waals surface area contributed by atoms with E-state index in [0.29, 0.717) is 17.9 Å². The number of methoxy groups -OCH3 is 1.